The standard InChI is InChI=1S/C12H24O/c1-5-11(3,6-2)10-12(4)8-7-9-13-12/h5-10H2,1-4H3/t12-/m1/s1. The Balaban J connectivity index is 2.54. The van der Waals surface area contributed by atoms with Gasteiger partial charge < -0.3 is 4.74 Å². The molecule has 13 heavy (non-hydrogen) atoms. The summed E-state index contributed by atoms with van der Waals surface area (Å²) < 4.78 is 5.84. The van der Waals surface area contributed by atoms with E-state index < -0.39 is 0 Å². The number of rotatable bonds is 4. The molecule has 0 spiro atoms. The maximum absolute atomic E-state index is 5.84. The average molecular weight is 184 g/mol. The van der Waals surface area contributed by atoms with Crippen molar-refractivity contribution in [2.24, 2.45) is 5.41 Å². The molecule has 0 aromatic heterocycles. The molecular formula is C12H24O. The summed E-state index contributed by atoms with van der Waals surface area (Å²) >= 11 is 0. The molecule has 1 heterocycles. The van der Waals surface area contributed by atoms with Gasteiger partial charge in [0.15, 0.2) is 0 Å². The predicted molar refractivity (Wildman–Crippen MR) is 56.9 cm³/mol. The van der Waals surface area contributed by atoms with Gasteiger partial charge in [0.1, 0.15) is 0 Å². The van der Waals surface area contributed by atoms with Gasteiger partial charge in [-0.05, 0) is 31.6 Å². The zero-order valence-corrected chi connectivity index (χ0v) is 9.65. The smallest absolute Gasteiger partial charge is 0.0660 e. The van der Waals surface area contributed by atoms with Crippen molar-refractivity contribution in [3.05, 3.63) is 0 Å². The summed E-state index contributed by atoms with van der Waals surface area (Å²) in [4.78, 5) is 0. The summed E-state index contributed by atoms with van der Waals surface area (Å²) in [5, 5.41) is 0. The van der Waals surface area contributed by atoms with Gasteiger partial charge in [-0.3, -0.25) is 0 Å². The lowest BCUT2D eigenvalue weighted by Gasteiger charge is -2.35. The van der Waals surface area contributed by atoms with Gasteiger partial charge in [0.05, 0.1) is 5.60 Å². The quantitative estimate of drug-likeness (QED) is 0.646. The van der Waals surface area contributed by atoms with Gasteiger partial charge in [-0.2, -0.15) is 0 Å². The monoisotopic (exact) mass is 184 g/mol. The average Bonchev–Trinajstić information content (AvgIpc) is 2.51. The van der Waals surface area contributed by atoms with Crippen molar-refractivity contribution in [2.45, 2.75) is 65.4 Å². The highest BCUT2D eigenvalue weighted by Crippen LogP contribution is 2.40. The van der Waals surface area contributed by atoms with Crippen molar-refractivity contribution < 1.29 is 4.74 Å². The van der Waals surface area contributed by atoms with E-state index in [4.69, 9.17) is 4.74 Å². The van der Waals surface area contributed by atoms with Gasteiger partial charge in [-0.25, -0.2) is 0 Å². The Morgan fingerprint density at radius 3 is 2.31 bits per heavy atom. The first-order chi connectivity index (χ1) is 6.04. The Bertz CT molecular complexity index is 151. The molecule has 0 saturated carbocycles. The van der Waals surface area contributed by atoms with Crippen molar-refractivity contribution in [3.8, 4) is 0 Å². The molecule has 0 radical (unpaired) electrons. The van der Waals surface area contributed by atoms with E-state index >= 15 is 0 Å². The van der Waals surface area contributed by atoms with Crippen LogP contribution < -0.4 is 0 Å². The first kappa shape index (κ1) is 11.0. The van der Waals surface area contributed by atoms with Gasteiger partial charge in [-0.1, -0.05) is 33.6 Å². The fourth-order valence-corrected chi connectivity index (χ4v) is 2.38. The van der Waals surface area contributed by atoms with Crippen molar-refractivity contribution in [1.82, 2.24) is 0 Å². The second kappa shape index (κ2) is 4.00. The Hall–Kier alpha value is -0.0400. The lowest BCUT2D eigenvalue weighted by molar-refractivity contribution is -0.0197. The van der Waals surface area contributed by atoms with Crippen LogP contribution >= 0.6 is 0 Å². The zero-order chi connectivity index (χ0) is 9.95. The molecule has 1 rings (SSSR count). The normalized spacial score (nSPS) is 29.5. The van der Waals surface area contributed by atoms with Crippen LogP contribution in [-0.4, -0.2) is 12.2 Å². The minimum atomic E-state index is 0.181. The van der Waals surface area contributed by atoms with Crippen LogP contribution in [0.1, 0.15) is 59.8 Å². The van der Waals surface area contributed by atoms with Crippen LogP contribution in [0.4, 0.5) is 0 Å². The SMILES string of the molecule is CCC(C)(CC)C[C@@]1(C)CCCO1. The molecule has 1 fully saturated rings. The molecule has 0 bridgehead atoms. The Morgan fingerprint density at radius 1 is 1.31 bits per heavy atom. The topological polar surface area (TPSA) is 9.23 Å². The van der Waals surface area contributed by atoms with E-state index in [1.54, 1.807) is 0 Å². The predicted octanol–water partition coefficient (Wildman–Crippen LogP) is 3.77. The molecule has 0 aromatic rings. The van der Waals surface area contributed by atoms with Crippen LogP contribution in [0.5, 0.6) is 0 Å². The highest BCUT2D eigenvalue weighted by Gasteiger charge is 2.36. The second-order valence-corrected chi connectivity index (χ2v) is 5.10. The summed E-state index contributed by atoms with van der Waals surface area (Å²) in [5.41, 5.74) is 0.667. The third kappa shape index (κ3) is 2.70. The molecule has 1 saturated heterocycles. The van der Waals surface area contributed by atoms with Gasteiger partial charge in [0, 0.05) is 6.61 Å². The van der Waals surface area contributed by atoms with Gasteiger partial charge in [0.25, 0.3) is 0 Å². The largest absolute Gasteiger partial charge is 0.375 e. The molecule has 1 nitrogen and oxygen atoms in total. The van der Waals surface area contributed by atoms with Crippen LogP contribution in [0, 0.1) is 5.41 Å². The van der Waals surface area contributed by atoms with Crippen LogP contribution in [0.2, 0.25) is 0 Å². The fourth-order valence-electron chi connectivity index (χ4n) is 2.38. The molecule has 0 unspecified atom stereocenters. The molecule has 0 N–H and O–H groups in total. The van der Waals surface area contributed by atoms with E-state index in [2.05, 4.69) is 27.7 Å². The Labute approximate surface area is 82.9 Å². The number of hydrogen-bond donors (Lipinski definition) is 0. The highest BCUT2D eigenvalue weighted by atomic mass is 16.5. The van der Waals surface area contributed by atoms with Gasteiger partial charge in [0.2, 0.25) is 0 Å². The van der Waals surface area contributed by atoms with E-state index in [1.807, 2.05) is 0 Å². The van der Waals surface area contributed by atoms with Crippen LogP contribution in [0.25, 0.3) is 0 Å². The number of ether oxygens (including phenoxy) is 1. The Morgan fingerprint density at radius 2 is 1.92 bits per heavy atom. The molecule has 1 heteroatoms. The fraction of sp³-hybridized carbons (Fsp3) is 1.00. The first-order valence-corrected chi connectivity index (χ1v) is 5.67. The zero-order valence-electron chi connectivity index (χ0n) is 9.65. The molecular weight excluding hydrogens is 160 g/mol. The summed E-state index contributed by atoms with van der Waals surface area (Å²) in [6, 6.07) is 0. The van der Waals surface area contributed by atoms with E-state index in [0.717, 1.165) is 6.61 Å². The van der Waals surface area contributed by atoms with E-state index in [0.29, 0.717) is 5.41 Å². The van der Waals surface area contributed by atoms with Gasteiger partial charge in [-0.15, -0.1) is 0 Å². The molecule has 0 aromatic carbocycles. The van der Waals surface area contributed by atoms with Crippen molar-refractivity contribution in [3.63, 3.8) is 0 Å². The van der Waals surface area contributed by atoms with E-state index in [9.17, 15) is 0 Å². The lowest BCUT2D eigenvalue weighted by Crippen LogP contribution is -2.31. The molecule has 1 atom stereocenters. The van der Waals surface area contributed by atoms with Gasteiger partial charge >= 0.3 is 0 Å². The summed E-state index contributed by atoms with van der Waals surface area (Å²) in [7, 11) is 0. The van der Waals surface area contributed by atoms with E-state index in [-0.39, 0.29) is 5.60 Å². The summed E-state index contributed by atoms with van der Waals surface area (Å²) in [6.45, 7) is 10.2. The third-order valence-electron chi connectivity index (χ3n) is 3.81. The second-order valence-electron chi connectivity index (χ2n) is 5.10. The van der Waals surface area contributed by atoms with Crippen molar-refractivity contribution >= 4 is 0 Å². The molecule has 0 aliphatic carbocycles. The molecule has 1 aliphatic heterocycles. The maximum atomic E-state index is 5.84. The third-order valence-corrected chi connectivity index (χ3v) is 3.81. The van der Waals surface area contributed by atoms with Crippen LogP contribution in [0.3, 0.4) is 0 Å². The first-order valence-electron chi connectivity index (χ1n) is 5.67. The van der Waals surface area contributed by atoms with Crippen molar-refractivity contribution in [2.75, 3.05) is 6.61 Å². The summed E-state index contributed by atoms with van der Waals surface area (Å²) in [5.74, 6) is 0. The Kier molecular flexibility index (Phi) is 3.39. The molecule has 1 aliphatic rings. The minimum Gasteiger partial charge on any atom is -0.375 e. The molecule has 0 amide bonds. The minimum absolute atomic E-state index is 0.181. The van der Waals surface area contributed by atoms with Crippen LogP contribution in [0.15, 0.2) is 0 Å². The van der Waals surface area contributed by atoms with Crippen LogP contribution in [-0.2, 0) is 4.74 Å². The summed E-state index contributed by atoms with van der Waals surface area (Å²) in [6.07, 6.45) is 6.26. The van der Waals surface area contributed by atoms with Crippen molar-refractivity contribution in [1.29, 1.82) is 0 Å². The maximum Gasteiger partial charge on any atom is 0.0660 e. The number of hydrogen-bond acceptors (Lipinski definition) is 1. The van der Waals surface area contributed by atoms with E-state index in [1.165, 1.54) is 32.1 Å². The molecule has 78 valence electrons. The lowest BCUT2D eigenvalue weighted by atomic mass is 9.75. The highest BCUT2D eigenvalue weighted by molar-refractivity contribution is 4.87.